The van der Waals surface area contributed by atoms with Gasteiger partial charge in [-0.2, -0.15) is 5.10 Å². The zero-order valence-electron chi connectivity index (χ0n) is 10.2. The zero-order valence-corrected chi connectivity index (χ0v) is 11.0. The molecule has 1 fully saturated rings. The van der Waals surface area contributed by atoms with Crippen LogP contribution in [0.25, 0.3) is 0 Å². The Morgan fingerprint density at radius 2 is 2.06 bits per heavy atom. The number of aromatic nitrogens is 2. The van der Waals surface area contributed by atoms with Gasteiger partial charge in [0.1, 0.15) is 5.56 Å². The second-order valence-electron chi connectivity index (χ2n) is 4.31. The van der Waals surface area contributed by atoms with Gasteiger partial charge in [-0.3, -0.25) is 19.4 Å². The summed E-state index contributed by atoms with van der Waals surface area (Å²) in [6.45, 7) is 1.78. The maximum atomic E-state index is 11.7. The standard InChI is InChI=1S/C11H16N4O2S/c1-14-10(17)8(9(16)13-11(14)18)7-12-15-5-3-2-4-6-15/h7,17H,2-6H2,1H3,(H,13,16,18). The first-order valence-electron chi connectivity index (χ1n) is 5.91. The number of aromatic amines is 1. The number of H-pyrrole nitrogens is 1. The fraction of sp³-hybridized carbons (Fsp3) is 0.545. The molecule has 7 heteroatoms. The summed E-state index contributed by atoms with van der Waals surface area (Å²) in [4.78, 5) is 14.2. The largest absolute Gasteiger partial charge is 0.494 e. The first kappa shape index (κ1) is 12.8. The Morgan fingerprint density at radius 3 is 2.72 bits per heavy atom. The molecule has 0 saturated carbocycles. The lowest BCUT2D eigenvalue weighted by Gasteiger charge is -2.23. The molecule has 0 spiro atoms. The molecule has 0 amide bonds. The number of piperidine rings is 1. The number of hydrogen-bond donors (Lipinski definition) is 2. The van der Waals surface area contributed by atoms with Crippen molar-refractivity contribution in [3.05, 3.63) is 20.7 Å². The van der Waals surface area contributed by atoms with Gasteiger partial charge < -0.3 is 5.11 Å². The van der Waals surface area contributed by atoms with Crippen LogP contribution in [-0.2, 0) is 7.05 Å². The topological polar surface area (TPSA) is 73.6 Å². The lowest BCUT2D eigenvalue weighted by atomic mass is 10.2. The van der Waals surface area contributed by atoms with Gasteiger partial charge in [-0.15, -0.1) is 0 Å². The summed E-state index contributed by atoms with van der Waals surface area (Å²) in [5.74, 6) is -0.162. The van der Waals surface area contributed by atoms with Gasteiger partial charge in [-0.25, -0.2) is 0 Å². The Labute approximate surface area is 110 Å². The number of nitrogens with zero attached hydrogens (tertiary/aromatic N) is 3. The molecular formula is C11H16N4O2S. The minimum Gasteiger partial charge on any atom is -0.494 e. The molecule has 1 saturated heterocycles. The minimum absolute atomic E-state index is 0.136. The molecule has 0 unspecified atom stereocenters. The molecule has 1 aliphatic heterocycles. The van der Waals surface area contributed by atoms with Crippen LogP contribution >= 0.6 is 12.2 Å². The van der Waals surface area contributed by atoms with Crippen LogP contribution in [0, 0.1) is 4.77 Å². The average molecular weight is 268 g/mol. The van der Waals surface area contributed by atoms with E-state index in [1.807, 2.05) is 5.01 Å². The Hall–Kier alpha value is -1.63. The number of hydrazone groups is 1. The first-order valence-corrected chi connectivity index (χ1v) is 6.31. The maximum Gasteiger partial charge on any atom is 0.264 e. The zero-order chi connectivity index (χ0) is 13.1. The smallest absolute Gasteiger partial charge is 0.264 e. The van der Waals surface area contributed by atoms with Crippen molar-refractivity contribution < 1.29 is 5.11 Å². The summed E-state index contributed by atoms with van der Waals surface area (Å²) in [5.41, 5.74) is -0.284. The summed E-state index contributed by atoms with van der Waals surface area (Å²) in [7, 11) is 1.59. The van der Waals surface area contributed by atoms with Crippen molar-refractivity contribution in [2.75, 3.05) is 13.1 Å². The molecule has 0 bridgehead atoms. The number of hydrogen-bond acceptors (Lipinski definition) is 5. The van der Waals surface area contributed by atoms with E-state index in [4.69, 9.17) is 12.2 Å². The molecular weight excluding hydrogens is 252 g/mol. The highest BCUT2D eigenvalue weighted by atomic mass is 32.1. The third-order valence-corrected chi connectivity index (χ3v) is 3.39. The van der Waals surface area contributed by atoms with Crippen molar-refractivity contribution >= 4 is 18.4 Å². The molecule has 1 aromatic rings. The highest BCUT2D eigenvalue weighted by molar-refractivity contribution is 7.71. The lowest BCUT2D eigenvalue weighted by Crippen LogP contribution is -2.25. The van der Waals surface area contributed by atoms with E-state index in [1.54, 1.807) is 7.05 Å². The fourth-order valence-corrected chi connectivity index (χ4v) is 2.05. The SMILES string of the molecule is Cn1c(O)c(C=NN2CCCCC2)c(=O)[nH]c1=S. The van der Waals surface area contributed by atoms with Crippen molar-refractivity contribution in [2.24, 2.45) is 12.1 Å². The average Bonchev–Trinajstić information content (AvgIpc) is 2.37. The molecule has 0 aliphatic carbocycles. The predicted molar refractivity (Wildman–Crippen MR) is 71.6 cm³/mol. The maximum absolute atomic E-state index is 11.7. The summed E-state index contributed by atoms with van der Waals surface area (Å²) >= 11 is 4.89. The monoisotopic (exact) mass is 268 g/mol. The summed E-state index contributed by atoms with van der Waals surface area (Å²) in [5, 5.41) is 16.0. The third kappa shape index (κ3) is 2.61. The van der Waals surface area contributed by atoms with Crippen molar-refractivity contribution in [3.63, 3.8) is 0 Å². The van der Waals surface area contributed by atoms with Gasteiger partial charge in [0, 0.05) is 20.1 Å². The molecule has 0 atom stereocenters. The Kier molecular flexibility index (Phi) is 3.81. The van der Waals surface area contributed by atoms with E-state index in [0.717, 1.165) is 25.9 Å². The van der Waals surface area contributed by atoms with E-state index in [2.05, 4.69) is 10.1 Å². The van der Waals surface area contributed by atoms with Gasteiger partial charge in [0.15, 0.2) is 4.77 Å². The molecule has 98 valence electrons. The van der Waals surface area contributed by atoms with Crippen LogP contribution in [0.2, 0.25) is 0 Å². The van der Waals surface area contributed by atoms with Gasteiger partial charge in [0.2, 0.25) is 5.88 Å². The van der Waals surface area contributed by atoms with Crippen molar-refractivity contribution in [2.45, 2.75) is 19.3 Å². The molecule has 2 N–H and O–H groups in total. The van der Waals surface area contributed by atoms with E-state index >= 15 is 0 Å². The Bertz CT molecular complexity index is 569. The number of nitrogens with one attached hydrogen (secondary N) is 1. The molecule has 0 aromatic carbocycles. The van der Waals surface area contributed by atoms with Crippen LogP contribution in [-0.4, -0.2) is 39.0 Å². The molecule has 1 aromatic heterocycles. The third-order valence-electron chi connectivity index (χ3n) is 3.01. The van der Waals surface area contributed by atoms with Gasteiger partial charge in [0.05, 0.1) is 6.21 Å². The van der Waals surface area contributed by atoms with E-state index in [9.17, 15) is 9.90 Å². The van der Waals surface area contributed by atoms with Crippen LogP contribution < -0.4 is 5.56 Å². The normalized spacial score (nSPS) is 16.4. The van der Waals surface area contributed by atoms with Gasteiger partial charge in [-0.1, -0.05) is 0 Å². The van der Waals surface area contributed by atoms with Crippen molar-refractivity contribution in [3.8, 4) is 5.88 Å². The van der Waals surface area contributed by atoms with Crippen LogP contribution in [0.3, 0.4) is 0 Å². The van der Waals surface area contributed by atoms with E-state index in [0.29, 0.717) is 0 Å². The van der Waals surface area contributed by atoms with Crippen LogP contribution in [0.1, 0.15) is 24.8 Å². The Balaban J connectivity index is 2.28. The second-order valence-corrected chi connectivity index (χ2v) is 4.70. The van der Waals surface area contributed by atoms with Crippen LogP contribution in [0.15, 0.2) is 9.90 Å². The minimum atomic E-state index is -0.420. The number of rotatable bonds is 2. The highest BCUT2D eigenvalue weighted by Crippen LogP contribution is 2.11. The predicted octanol–water partition coefficient (Wildman–Crippen LogP) is 0.968. The fourth-order valence-electron chi connectivity index (χ4n) is 1.88. The van der Waals surface area contributed by atoms with Gasteiger partial charge in [-0.05, 0) is 31.5 Å². The summed E-state index contributed by atoms with van der Waals surface area (Å²) < 4.78 is 1.53. The van der Waals surface area contributed by atoms with Crippen LogP contribution in [0.5, 0.6) is 5.88 Å². The summed E-state index contributed by atoms with van der Waals surface area (Å²) in [6, 6.07) is 0. The molecule has 1 aliphatic rings. The van der Waals surface area contributed by atoms with Gasteiger partial charge >= 0.3 is 0 Å². The Morgan fingerprint density at radius 1 is 1.39 bits per heavy atom. The highest BCUT2D eigenvalue weighted by Gasteiger charge is 2.10. The van der Waals surface area contributed by atoms with Gasteiger partial charge in [0.25, 0.3) is 5.56 Å². The van der Waals surface area contributed by atoms with E-state index in [1.165, 1.54) is 17.2 Å². The van der Waals surface area contributed by atoms with Crippen LogP contribution in [0.4, 0.5) is 0 Å². The van der Waals surface area contributed by atoms with E-state index in [-0.39, 0.29) is 16.2 Å². The van der Waals surface area contributed by atoms with Crippen molar-refractivity contribution in [1.82, 2.24) is 14.6 Å². The molecule has 6 nitrogen and oxygen atoms in total. The van der Waals surface area contributed by atoms with Crippen molar-refractivity contribution in [1.29, 1.82) is 0 Å². The second kappa shape index (κ2) is 5.34. The first-order chi connectivity index (χ1) is 8.59. The quantitative estimate of drug-likeness (QED) is 0.619. The number of aromatic hydroxyl groups is 1. The molecule has 0 radical (unpaired) electrons. The lowest BCUT2D eigenvalue weighted by molar-refractivity contribution is 0.240. The van der Waals surface area contributed by atoms with E-state index < -0.39 is 5.56 Å². The molecule has 2 heterocycles. The molecule has 18 heavy (non-hydrogen) atoms. The molecule has 2 rings (SSSR count). The summed E-state index contributed by atoms with van der Waals surface area (Å²) in [6.07, 6.45) is 4.84.